The maximum atomic E-state index is 13.1. The molecule has 2 aromatic carbocycles. The van der Waals surface area contributed by atoms with Gasteiger partial charge in [0.05, 0.1) is 11.4 Å². The average Bonchev–Trinajstić information content (AvgIpc) is 2.86. The molecule has 1 atom stereocenters. The molecule has 1 fully saturated rings. The van der Waals surface area contributed by atoms with Crippen LogP contribution in [0, 0.1) is 5.92 Å². The van der Waals surface area contributed by atoms with Crippen molar-refractivity contribution in [1.82, 2.24) is 5.32 Å². The Balaban J connectivity index is 1.72. The van der Waals surface area contributed by atoms with Gasteiger partial charge in [0.1, 0.15) is 0 Å². The standard InChI is InChI=1S/C23H25N3O2/c1-26-19-15-9-8-14-18(19)20(16-10-4-2-5-11-16)24-21(23(26)28)25-22(27)17-12-6-3-7-13-17/h2,4-5,8-11,14-15,17,21H,3,6-7,12-13H2,1H3,(H,25,27)/t21-/m1/s1. The normalized spacial score (nSPS) is 20.2. The second kappa shape index (κ2) is 7.97. The molecular weight excluding hydrogens is 350 g/mol. The summed E-state index contributed by atoms with van der Waals surface area (Å²) in [7, 11) is 1.74. The van der Waals surface area contributed by atoms with Gasteiger partial charge in [-0.1, -0.05) is 67.8 Å². The zero-order chi connectivity index (χ0) is 19.5. The highest BCUT2D eigenvalue weighted by molar-refractivity contribution is 6.20. The van der Waals surface area contributed by atoms with Crippen molar-refractivity contribution >= 4 is 23.2 Å². The van der Waals surface area contributed by atoms with Gasteiger partial charge in [0, 0.05) is 24.1 Å². The Hall–Kier alpha value is -2.95. The molecule has 0 radical (unpaired) electrons. The van der Waals surface area contributed by atoms with E-state index in [1.165, 1.54) is 6.42 Å². The SMILES string of the molecule is CN1C(=O)[C@@H](NC(=O)C2CCCCC2)N=C(c2ccccc2)c2ccccc21. The molecule has 144 valence electrons. The smallest absolute Gasteiger partial charge is 0.272 e. The third-order valence-electron chi connectivity index (χ3n) is 5.65. The van der Waals surface area contributed by atoms with Crippen molar-refractivity contribution in [3.8, 4) is 0 Å². The Morgan fingerprint density at radius 3 is 2.43 bits per heavy atom. The number of fused-ring (bicyclic) bond motifs is 1. The van der Waals surface area contributed by atoms with Crippen molar-refractivity contribution in [2.75, 3.05) is 11.9 Å². The fourth-order valence-corrected chi connectivity index (χ4v) is 4.06. The quantitative estimate of drug-likeness (QED) is 0.892. The lowest BCUT2D eigenvalue weighted by atomic mass is 9.88. The molecule has 5 heteroatoms. The first-order valence-electron chi connectivity index (χ1n) is 9.96. The van der Waals surface area contributed by atoms with Crippen LogP contribution in [0.15, 0.2) is 59.6 Å². The molecule has 0 aromatic heterocycles. The number of amides is 2. The van der Waals surface area contributed by atoms with Crippen LogP contribution in [-0.2, 0) is 9.59 Å². The zero-order valence-corrected chi connectivity index (χ0v) is 16.1. The molecule has 2 aliphatic rings. The van der Waals surface area contributed by atoms with E-state index in [0.717, 1.165) is 48.2 Å². The Bertz CT molecular complexity index is 901. The molecule has 0 unspecified atom stereocenters. The minimum atomic E-state index is -0.915. The minimum absolute atomic E-state index is 0.0205. The third kappa shape index (κ3) is 3.57. The molecule has 0 saturated heterocycles. The number of carbonyl (C=O) groups excluding carboxylic acids is 2. The number of anilines is 1. The van der Waals surface area contributed by atoms with E-state index in [9.17, 15) is 9.59 Å². The molecule has 5 nitrogen and oxygen atoms in total. The molecule has 0 spiro atoms. The van der Waals surface area contributed by atoms with Crippen molar-refractivity contribution < 1.29 is 9.59 Å². The van der Waals surface area contributed by atoms with Crippen LogP contribution in [0.1, 0.15) is 43.2 Å². The van der Waals surface area contributed by atoms with E-state index in [4.69, 9.17) is 4.99 Å². The van der Waals surface area contributed by atoms with E-state index in [1.807, 2.05) is 54.6 Å². The van der Waals surface area contributed by atoms with Crippen LogP contribution in [0.5, 0.6) is 0 Å². The molecule has 1 aliphatic heterocycles. The first-order chi connectivity index (χ1) is 13.6. The number of aliphatic imine (C=N–C) groups is 1. The summed E-state index contributed by atoms with van der Waals surface area (Å²) in [5.41, 5.74) is 3.33. The summed E-state index contributed by atoms with van der Waals surface area (Å²) >= 11 is 0. The Morgan fingerprint density at radius 2 is 1.68 bits per heavy atom. The van der Waals surface area contributed by atoms with Gasteiger partial charge < -0.3 is 10.2 Å². The summed E-state index contributed by atoms with van der Waals surface area (Å²) in [6, 6.07) is 17.5. The third-order valence-corrected chi connectivity index (χ3v) is 5.65. The van der Waals surface area contributed by atoms with Crippen molar-refractivity contribution in [2.45, 2.75) is 38.3 Å². The topological polar surface area (TPSA) is 61.8 Å². The molecule has 1 N–H and O–H groups in total. The number of nitrogens with zero attached hydrogens (tertiary/aromatic N) is 2. The number of para-hydroxylation sites is 1. The summed E-state index contributed by atoms with van der Waals surface area (Å²) in [5, 5.41) is 2.93. The summed E-state index contributed by atoms with van der Waals surface area (Å²) in [6.45, 7) is 0. The fraction of sp³-hybridized carbons (Fsp3) is 0.348. The minimum Gasteiger partial charge on any atom is -0.326 e. The monoisotopic (exact) mass is 375 g/mol. The summed E-state index contributed by atoms with van der Waals surface area (Å²) < 4.78 is 0. The summed E-state index contributed by atoms with van der Waals surface area (Å²) in [4.78, 5) is 32.2. The number of nitrogens with one attached hydrogen (secondary N) is 1. The van der Waals surface area contributed by atoms with E-state index in [0.29, 0.717) is 0 Å². The fourth-order valence-electron chi connectivity index (χ4n) is 4.06. The first-order valence-corrected chi connectivity index (χ1v) is 9.96. The van der Waals surface area contributed by atoms with Gasteiger partial charge in [-0.15, -0.1) is 0 Å². The van der Waals surface area contributed by atoms with Crippen LogP contribution in [0.4, 0.5) is 5.69 Å². The largest absolute Gasteiger partial charge is 0.326 e. The molecule has 28 heavy (non-hydrogen) atoms. The van der Waals surface area contributed by atoms with Gasteiger partial charge >= 0.3 is 0 Å². The molecule has 1 aliphatic carbocycles. The number of likely N-dealkylation sites (N-methyl/N-ethyl adjacent to an activating group) is 1. The number of benzodiazepines with no additional fused rings is 1. The molecule has 1 saturated carbocycles. The van der Waals surface area contributed by atoms with Gasteiger partial charge in [0.15, 0.2) is 0 Å². The van der Waals surface area contributed by atoms with Crippen LogP contribution >= 0.6 is 0 Å². The molecule has 2 amide bonds. The Kier molecular flexibility index (Phi) is 5.24. The molecule has 4 rings (SSSR count). The van der Waals surface area contributed by atoms with Crippen LogP contribution in [-0.4, -0.2) is 30.7 Å². The van der Waals surface area contributed by atoms with E-state index in [-0.39, 0.29) is 17.7 Å². The number of hydrogen-bond acceptors (Lipinski definition) is 3. The van der Waals surface area contributed by atoms with Crippen LogP contribution in [0.25, 0.3) is 0 Å². The predicted molar refractivity (Wildman–Crippen MR) is 110 cm³/mol. The van der Waals surface area contributed by atoms with Gasteiger partial charge in [-0.25, -0.2) is 4.99 Å². The number of hydrogen-bond donors (Lipinski definition) is 1. The maximum absolute atomic E-state index is 13.1. The van der Waals surface area contributed by atoms with Crippen molar-refractivity contribution in [3.63, 3.8) is 0 Å². The van der Waals surface area contributed by atoms with E-state index < -0.39 is 6.17 Å². The Morgan fingerprint density at radius 1 is 1.00 bits per heavy atom. The van der Waals surface area contributed by atoms with Crippen LogP contribution < -0.4 is 10.2 Å². The van der Waals surface area contributed by atoms with Crippen LogP contribution in [0.2, 0.25) is 0 Å². The molecule has 1 heterocycles. The van der Waals surface area contributed by atoms with Crippen molar-refractivity contribution in [2.24, 2.45) is 10.9 Å². The number of benzene rings is 2. The average molecular weight is 375 g/mol. The summed E-state index contributed by atoms with van der Waals surface area (Å²) in [6.07, 6.45) is 4.18. The van der Waals surface area contributed by atoms with E-state index >= 15 is 0 Å². The number of rotatable bonds is 3. The second-order valence-corrected chi connectivity index (χ2v) is 7.50. The summed E-state index contributed by atoms with van der Waals surface area (Å²) in [5.74, 6) is -0.302. The van der Waals surface area contributed by atoms with Crippen LogP contribution in [0.3, 0.4) is 0 Å². The second-order valence-electron chi connectivity index (χ2n) is 7.50. The van der Waals surface area contributed by atoms with Gasteiger partial charge in [-0.2, -0.15) is 0 Å². The highest BCUT2D eigenvalue weighted by Gasteiger charge is 2.32. The molecular formula is C23H25N3O2. The van der Waals surface area contributed by atoms with E-state index in [1.54, 1.807) is 11.9 Å². The lowest BCUT2D eigenvalue weighted by Gasteiger charge is -2.24. The molecule has 0 bridgehead atoms. The van der Waals surface area contributed by atoms with Gasteiger partial charge in [0.2, 0.25) is 12.1 Å². The zero-order valence-electron chi connectivity index (χ0n) is 16.1. The maximum Gasteiger partial charge on any atom is 0.272 e. The lowest BCUT2D eigenvalue weighted by Crippen LogP contribution is -2.48. The van der Waals surface area contributed by atoms with Gasteiger partial charge in [-0.3, -0.25) is 9.59 Å². The van der Waals surface area contributed by atoms with Crippen molar-refractivity contribution in [1.29, 1.82) is 0 Å². The van der Waals surface area contributed by atoms with E-state index in [2.05, 4.69) is 5.32 Å². The molecule has 2 aromatic rings. The van der Waals surface area contributed by atoms with Gasteiger partial charge in [0.25, 0.3) is 5.91 Å². The lowest BCUT2D eigenvalue weighted by molar-refractivity contribution is -0.130. The highest BCUT2D eigenvalue weighted by Crippen LogP contribution is 2.28. The van der Waals surface area contributed by atoms with Gasteiger partial charge in [-0.05, 0) is 18.9 Å². The van der Waals surface area contributed by atoms with Crippen molar-refractivity contribution in [3.05, 3.63) is 65.7 Å². The Labute approximate surface area is 165 Å². The number of carbonyl (C=O) groups is 2. The highest BCUT2D eigenvalue weighted by atomic mass is 16.2. The first kappa shape index (κ1) is 18.4. The predicted octanol–water partition coefficient (Wildman–Crippen LogP) is 3.52.